The van der Waals surface area contributed by atoms with Crippen LogP contribution in [0.25, 0.3) is 10.4 Å². The summed E-state index contributed by atoms with van der Waals surface area (Å²) in [5, 5.41) is 10.5. The zero-order chi connectivity index (χ0) is 19.1. The Morgan fingerprint density at radius 3 is 2.44 bits per heavy atom. The molecule has 1 aromatic heterocycles. The smallest absolute Gasteiger partial charge is 0.250 e. The Balaban J connectivity index is 1.54. The van der Waals surface area contributed by atoms with Gasteiger partial charge in [-0.1, -0.05) is 54.1 Å². The van der Waals surface area contributed by atoms with Crippen LogP contribution in [-0.4, -0.2) is 26.2 Å². The molecule has 2 N–H and O–H groups in total. The molecule has 4 nitrogen and oxygen atoms in total. The summed E-state index contributed by atoms with van der Waals surface area (Å²) < 4.78 is 28.7. The number of aliphatic hydroxyl groups is 1. The van der Waals surface area contributed by atoms with Gasteiger partial charge in [0.15, 0.2) is 0 Å². The zero-order valence-electron chi connectivity index (χ0n) is 14.3. The number of sulfonamides is 1. The van der Waals surface area contributed by atoms with E-state index in [-0.39, 0.29) is 16.9 Å². The van der Waals surface area contributed by atoms with Gasteiger partial charge in [-0.2, -0.15) is 0 Å². The Kier molecular flexibility index (Phi) is 4.86. The fourth-order valence-corrected chi connectivity index (χ4v) is 6.06. The highest BCUT2D eigenvalue weighted by atomic mass is 35.5. The molecule has 1 aliphatic rings. The normalized spacial score (nSPS) is 21.9. The van der Waals surface area contributed by atoms with Gasteiger partial charge in [0.1, 0.15) is 4.21 Å². The monoisotopic (exact) mass is 419 g/mol. The Morgan fingerprint density at radius 2 is 1.78 bits per heavy atom. The highest BCUT2D eigenvalue weighted by Crippen LogP contribution is 2.48. The number of rotatable bonds is 6. The molecule has 2 atom stereocenters. The first-order chi connectivity index (χ1) is 12.9. The lowest BCUT2D eigenvalue weighted by Gasteiger charge is -2.15. The third-order valence-corrected chi connectivity index (χ3v) is 8.33. The molecule has 0 amide bonds. The number of nitrogens with one attached hydrogen (secondary N) is 1. The topological polar surface area (TPSA) is 66.4 Å². The van der Waals surface area contributed by atoms with Crippen molar-refractivity contribution in [2.45, 2.75) is 22.1 Å². The van der Waals surface area contributed by atoms with Crippen LogP contribution in [0.4, 0.5) is 0 Å². The maximum absolute atomic E-state index is 12.8. The summed E-state index contributed by atoms with van der Waals surface area (Å²) >= 11 is 7.13. The van der Waals surface area contributed by atoms with Gasteiger partial charge in [0.25, 0.3) is 0 Å². The summed E-state index contributed by atoms with van der Waals surface area (Å²) in [6, 6.07) is 19.9. The standard InChI is InChI=1S/C20H18ClNO3S2/c21-16-8-6-14(7-9-16)17-10-11-19(26-17)27(24,25)22-18-12-20(18,13-23)15-4-2-1-3-5-15/h1-11,18,22-23H,12-13H2/t18-,20-/m1/s1. The lowest BCUT2D eigenvalue weighted by Crippen LogP contribution is -2.32. The predicted molar refractivity (Wildman–Crippen MR) is 109 cm³/mol. The van der Waals surface area contributed by atoms with E-state index in [9.17, 15) is 13.5 Å². The van der Waals surface area contributed by atoms with Gasteiger partial charge in [-0.15, -0.1) is 11.3 Å². The lowest BCUT2D eigenvalue weighted by atomic mass is 9.96. The van der Waals surface area contributed by atoms with Crippen LogP contribution in [0.3, 0.4) is 0 Å². The maximum Gasteiger partial charge on any atom is 0.250 e. The van der Waals surface area contributed by atoms with Crippen molar-refractivity contribution in [2.75, 3.05) is 6.61 Å². The third kappa shape index (κ3) is 3.56. The van der Waals surface area contributed by atoms with Crippen LogP contribution >= 0.6 is 22.9 Å². The van der Waals surface area contributed by atoms with Crippen molar-refractivity contribution in [3.8, 4) is 10.4 Å². The van der Waals surface area contributed by atoms with Gasteiger partial charge in [0.05, 0.1) is 6.61 Å². The molecule has 4 rings (SSSR count). The highest BCUT2D eigenvalue weighted by molar-refractivity contribution is 7.91. The molecule has 1 aliphatic carbocycles. The number of halogens is 1. The summed E-state index contributed by atoms with van der Waals surface area (Å²) in [5.74, 6) is 0. The molecular weight excluding hydrogens is 402 g/mol. The van der Waals surface area contributed by atoms with E-state index in [0.717, 1.165) is 16.0 Å². The number of hydrogen-bond acceptors (Lipinski definition) is 4. The zero-order valence-corrected chi connectivity index (χ0v) is 16.7. The SMILES string of the molecule is O=S(=O)(N[C@@H]1C[C@@]1(CO)c1ccccc1)c1ccc(-c2ccc(Cl)cc2)s1. The van der Waals surface area contributed by atoms with Crippen molar-refractivity contribution in [3.63, 3.8) is 0 Å². The number of hydrogen-bond donors (Lipinski definition) is 2. The third-order valence-electron chi connectivity index (χ3n) is 4.98. The van der Waals surface area contributed by atoms with E-state index in [0.29, 0.717) is 11.4 Å². The van der Waals surface area contributed by atoms with Gasteiger partial charge in [0, 0.05) is 21.4 Å². The second kappa shape index (κ2) is 7.04. The highest BCUT2D eigenvalue weighted by Gasteiger charge is 2.56. The molecule has 1 fully saturated rings. The number of benzene rings is 2. The second-order valence-electron chi connectivity index (χ2n) is 6.68. The predicted octanol–water partition coefficient (Wildman–Crippen LogP) is 4.05. The van der Waals surface area contributed by atoms with Crippen LogP contribution in [0.2, 0.25) is 5.02 Å². The molecule has 7 heteroatoms. The number of aliphatic hydroxyl groups excluding tert-OH is 1. The fourth-order valence-electron chi connectivity index (χ4n) is 3.29. The van der Waals surface area contributed by atoms with Crippen LogP contribution in [0.1, 0.15) is 12.0 Å². The first kappa shape index (κ1) is 18.7. The van der Waals surface area contributed by atoms with Crippen molar-refractivity contribution < 1.29 is 13.5 Å². The first-order valence-corrected chi connectivity index (χ1v) is 11.2. The van der Waals surface area contributed by atoms with Crippen LogP contribution < -0.4 is 4.72 Å². The minimum absolute atomic E-state index is 0.0926. The van der Waals surface area contributed by atoms with E-state index in [1.807, 2.05) is 42.5 Å². The van der Waals surface area contributed by atoms with E-state index in [4.69, 9.17) is 11.6 Å². The van der Waals surface area contributed by atoms with Crippen molar-refractivity contribution >= 4 is 33.0 Å². The average molecular weight is 420 g/mol. The molecule has 1 saturated carbocycles. The van der Waals surface area contributed by atoms with Crippen LogP contribution in [0, 0.1) is 0 Å². The molecule has 0 saturated heterocycles. The summed E-state index contributed by atoms with van der Waals surface area (Å²) in [4.78, 5) is 0.860. The summed E-state index contributed by atoms with van der Waals surface area (Å²) in [6.45, 7) is -0.0926. The Morgan fingerprint density at radius 1 is 1.07 bits per heavy atom. The molecule has 0 spiro atoms. The van der Waals surface area contributed by atoms with Gasteiger partial charge >= 0.3 is 0 Å². The summed E-state index contributed by atoms with van der Waals surface area (Å²) in [7, 11) is -3.65. The molecule has 0 unspecified atom stereocenters. The molecule has 2 aromatic carbocycles. The van der Waals surface area contributed by atoms with Crippen molar-refractivity contribution in [1.29, 1.82) is 0 Å². The van der Waals surface area contributed by atoms with Crippen LogP contribution in [0.15, 0.2) is 70.9 Å². The average Bonchev–Trinajstić information content (AvgIpc) is 3.13. The Hall–Kier alpha value is -1.70. The van der Waals surface area contributed by atoms with Gasteiger partial charge in [-0.3, -0.25) is 0 Å². The minimum atomic E-state index is -3.65. The molecule has 1 heterocycles. The van der Waals surface area contributed by atoms with Crippen LogP contribution in [-0.2, 0) is 15.4 Å². The van der Waals surface area contributed by atoms with E-state index in [1.54, 1.807) is 24.3 Å². The molecular formula is C20H18ClNO3S2. The molecule has 0 aliphatic heterocycles. The van der Waals surface area contributed by atoms with Crippen molar-refractivity contribution in [3.05, 3.63) is 77.3 Å². The second-order valence-corrected chi connectivity index (χ2v) is 10.1. The number of thiophene rings is 1. The lowest BCUT2D eigenvalue weighted by molar-refractivity contribution is 0.250. The van der Waals surface area contributed by atoms with Crippen LogP contribution in [0.5, 0.6) is 0 Å². The van der Waals surface area contributed by atoms with E-state index >= 15 is 0 Å². The summed E-state index contributed by atoms with van der Waals surface area (Å²) in [6.07, 6.45) is 0.585. The molecule has 3 aromatic rings. The fraction of sp³-hybridized carbons (Fsp3) is 0.200. The quantitative estimate of drug-likeness (QED) is 0.633. The van der Waals surface area contributed by atoms with Gasteiger partial charge in [-0.25, -0.2) is 13.1 Å². The molecule has 0 radical (unpaired) electrons. The van der Waals surface area contributed by atoms with E-state index < -0.39 is 15.4 Å². The van der Waals surface area contributed by atoms with Gasteiger partial charge < -0.3 is 5.11 Å². The Bertz CT molecular complexity index is 1050. The largest absolute Gasteiger partial charge is 0.395 e. The minimum Gasteiger partial charge on any atom is -0.395 e. The van der Waals surface area contributed by atoms with Gasteiger partial charge in [0.2, 0.25) is 10.0 Å². The van der Waals surface area contributed by atoms with Crippen molar-refractivity contribution in [2.24, 2.45) is 0 Å². The maximum atomic E-state index is 12.8. The first-order valence-electron chi connectivity index (χ1n) is 8.49. The molecule has 27 heavy (non-hydrogen) atoms. The van der Waals surface area contributed by atoms with E-state index in [2.05, 4.69) is 4.72 Å². The molecule has 0 bridgehead atoms. The van der Waals surface area contributed by atoms with Gasteiger partial charge in [-0.05, 0) is 41.8 Å². The van der Waals surface area contributed by atoms with E-state index in [1.165, 1.54) is 11.3 Å². The molecule has 140 valence electrons. The van der Waals surface area contributed by atoms with Crippen molar-refractivity contribution in [1.82, 2.24) is 4.72 Å². The summed E-state index contributed by atoms with van der Waals surface area (Å²) in [5.41, 5.74) is 1.34. The Labute approximate surface area is 167 Å².